The highest BCUT2D eigenvalue weighted by molar-refractivity contribution is 5.94. The topological polar surface area (TPSA) is 117 Å². The van der Waals surface area contributed by atoms with Gasteiger partial charge in [0, 0.05) is 61.5 Å². The highest BCUT2D eigenvalue weighted by Crippen LogP contribution is 2.33. The molecule has 2 amide bonds. The second-order valence-electron chi connectivity index (χ2n) is 12.2. The number of hydrogen-bond donors (Lipinski definition) is 2. The van der Waals surface area contributed by atoms with E-state index in [2.05, 4.69) is 15.3 Å². The lowest BCUT2D eigenvalue weighted by Crippen LogP contribution is -2.50. The number of carbonyl (C=O) groups excluding carboxylic acids is 2. The summed E-state index contributed by atoms with van der Waals surface area (Å²) in [6.07, 6.45) is 5.40. The van der Waals surface area contributed by atoms with Crippen LogP contribution in [0.25, 0.3) is 11.4 Å². The number of hydrogen-bond acceptors (Lipinski definition) is 8. The number of rotatable bonds is 9. The van der Waals surface area contributed by atoms with E-state index in [0.717, 1.165) is 29.7 Å². The summed E-state index contributed by atoms with van der Waals surface area (Å²) in [4.78, 5) is 38.8. The van der Waals surface area contributed by atoms with Crippen molar-refractivity contribution in [3.05, 3.63) is 77.6 Å². The maximum absolute atomic E-state index is 13.6. The summed E-state index contributed by atoms with van der Waals surface area (Å²) in [7, 11) is 1.65. The first-order chi connectivity index (χ1) is 20.6. The molecule has 3 aromatic rings. The first kappa shape index (κ1) is 30.4. The number of piperidine rings is 1. The average Bonchev–Trinajstić information content (AvgIpc) is 3.82. The Kier molecular flexibility index (Phi) is 9.27. The van der Waals surface area contributed by atoms with Gasteiger partial charge in [0.2, 0.25) is 0 Å². The van der Waals surface area contributed by atoms with Crippen LogP contribution in [0.15, 0.2) is 60.9 Å². The SMILES string of the molecule is COCc1cccc(NC(O)c2ccc(-c3ncc(C(=O)N(C4CC4)C4CCN(C(=O)OC(C)(C)C)CC4)cn3)cc2)c1. The molecule has 2 heterocycles. The van der Waals surface area contributed by atoms with E-state index in [1.54, 1.807) is 24.4 Å². The smallest absolute Gasteiger partial charge is 0.410 e. The molecule has 0 radical (unpaired) electrons. The van der Waals surface area contributed by atoms with Crippen LogP contribution in [0, 0.1) is 0 Å². The van der Waals surface area contributed by atoms with Gasteiger partial charge in [0.25, 0.3) is 5.91 Å². The zero-order valence-corrected chi connectivity index (χ0v) is 25.3. The summed E-state index contributed by atoms with van der Waals surface area (Å²) in [5.74, 6) is 0.435. The molecule has 1 aromatic heterocycles. The van der Waals surface area contributed by atoms with Crippen LogP contribution >= 0.6 is 0 Å². The molecule has 2 aromatic carbocycles. The monoisotopic (exact) mass is 587 g/mol. The number of aliphatic hydroxyl groups is 1. The normalized spacial score (nSPS) is 16.4. The van der Waals surface area contributed by atoms with Crippen LogP contribution < -0.4 is 5.32 Å². The molecule has 1 saturated heterocycles. The van der Waals surface area contributed by atoms with Gasteiger partial charge >= 0.3 is 6.09 Å². The van der Waals surface area contributed by atoms with Crippen LogP contribution in [-0.4, -0.2) is 74.8 Å². The molecule has 1 saturated carbocycles. The number of ether oxygens (including phenoxy) is 2. The lowest BCUT2D eigenvalue weighted by atomic mass is 10.0. The van der Waals surface area contributed by atoms with Gasteiger partial charge in [0.1, 0.15) is 5.60 Å². The molecule has 228 valence electrons. The van der Waals surface area contributed by atoms with Gasteiger partial charge in [-0.2, -0.15) is 0 Å². The van der Waals surface area contributed by atoms with Gasteiger partial charge < -0.3 is 29.7 Å². The molecule has 0 bridgehead atoms. The Morgan fingerprint density at radius 1 is 1.02 bits per heavy atom. The van der Waals surface area contributed by atoms with Crippen molar-refractivity contribution in [1.82, 2.24) is 19.8 Å². The highest BCUT2D eigenvalue weighted by atomic mass is 16.6. The van der Waals surface area contributed by atoms with E-state index in [1.807, 2.05) is 74.2 Å². The van der Waals surface area contributed by atoms with Crippen molar-refractivity contribution >= 4 is 17.7 Å². The molecule has 1 unspecified atom stereocenters. The fourth-order valence-electron chi connectivity index (χ4n) is 5.35. The van der Waals surface area contributed by atoms with E-state index < -0.39 is 11.8 Å². The van der Waals surface area contributed by atoms with Crippen LogP contribution in [-0.2, 0) is 16.1 Å². The Hall–Kier alpha value is -4.02. The van der Waals surface area contributed by atoms with Crippen molar-refractivity contribution in [2.24, 2.45) is 0 Å². The quantitative estimate of drug-likeness (QED) is 0.320. The molecule has 2 fully saturated rings. The summed E-state index contributed by atoms with van der Waals surface area (Å²) in [5.41, 5.74) is 3.21. The third-order valence-electron chi connectivity index (χ3n) is 7.61. The fraction of sp³-hybridized carbons (Fsp3) is 0.455. The van der Waals surface area contributed by atoms with E-state index in [9.17, 15) is 14.7 Å². The van der Waals surface area contributed by atoms with Gasteiger partial charge in [-0.05, 0) is 64.2 Å². The average molecular weight is 588 g/mol. The molecule has 1 atom stereocenters. The maximum Gasteiger partial charge on any atom is 0.410 e. The summed E-state index contributed by atoms with van der Waals surface area (Å²) in [5, 5.41) is 13.8. The van der Waals surface area contributed by atoms with Crippen molar-refractivity contribution in [1.29, 1.82) is 0 Å². The minimum absolute atomic E-state index is 0.0633. The Labute approximate surface area is 253 Å². The lowest BCUT2D eigenvalue weighted by molar-refractivity contribution is 0.0142. The van der Waals surface area contributed by atoms with Crippen molar-refractivity contribution in [3.8, 4) is 11.4 Å². The van der Waals surface area contributed by atoms with Crippen LogP contribution in [0.5, 0.6) is 0 Å². The van der Waals surface area contributed by atoms with Gasteiger partial charge in [0.05, 0.1) is 12.2 Å². The van der Waals surface area contributed by atoms with Gasteiger partial charge in [-0.1, -0.05) is 36.4 Å². The van der Waals surface area contributed by atoms with E-state index in [1.165, 1.54) is 0 Å². The zero-order valence-electron chi connectivity index (χ0n) is 25.3. The molecule has 0 spiro atoms. The lowest BCUT2D eigenvalue weighted by Gasteiger charge is -2.39. The molecule has 2 aliphatic rings. The van der Waals surface area contributed by atoms with Crippen LogP contribution in [0.1, 0.15) is 74.2 Å². The number of carbonyl (C=O) groups is 2. The second kappa shape index (κ2) is 13.1. The number of nitrogens with zero attached hydrogens (tertiary/aromatic N) is 4. The van der Waals surface area contributed by atoms with E-state index in [4.69, 9.17) is 9.47 Å². The third kappa shape index (κ3) is 7.88. The van der Waals surface area contributed by atoms with Crippen LogP contribution in [0.3, 0.4) is 0 Å². The Morgan fingerprint density at radius 2 is 1.67 bits per heavy atom. The highest BCUT2D eigenvalue weighted by Gasteiger charge is 2.40. The summed E-state index contributed by atoms with van der Waals surface area (Å²) >= 11 is 0. The number of benzene rings is 2. The molecule has 10 heteroatoms. The Bertz CT molecular complexity index is 1390. The van der Waals surface area contributed by atoms with Crippen molar-refractivity contribution < 1.29 is 24.2 Å². The van der Waals surface area contributed by atoms with E-state index >= 15 is 0 Å². The first-order valence-corrected chi connectivity index (χ1v) is 14.9. The van der Waals surface area contributed by atoms with Crippen molar-refractivity contribution in [3.63, 3.8) is 0 Å². The van der Waals surface area contributed by atoms with Gasteiger partial charge in [-0.15, -0.1) is 0 Å². The summed E-state index contributed by atoms with van der Waals surface area (Å²) in [6.45, 7) is 7.21. The third-order valence-corrected chi connectivity index (χ3v) is 7.61. The predicted octanol–water partition coefficient (Wildman–Crippen LogP) is 5.40. The summed E-state index contributed by atoms with van der Waals surface area (Å²) < 4.78 is 10.7. The molecular formula is C33H41N5O5. The summed E-state index contributed by atoms with van der Waals surface area (Å²) in [6, 6.07) is 15.4. The number of amides is 2. The van der Waals surface area contributed by atoms with Gasteiger partial charge in [-0.3, -0.25) is 4.79 Å². The zero-order chi connectivity index (χ0) is 30.6. The van der Waals surface area contributed by atoms with Gasteiger partial charge in [0.15, 0.2) is 12.1 Å². The predicted molar refractivity (Wildman–Crippen MR) is 163 cm³/mol. The standard InChI is InChI=1S/C33H41N5O5/c1-33(2,3)43-32(41)37-16-14-28(15-17-37)38(27-12-13-27)31(40)25-19-34-29(35-20-25)23-8-10-24(11-9-23)30(39)36-26-7-5-6-22(18-26)21-42-4/h5-11,18-20,27-28,30,36,39H,12-17,21H2,1-4H3. The second-order valence-corrected chi connectivity index (χ2v) is 12.2. The van der Waals surface area contributed by atoms with Crippen LogP contribution in [0.4, 0.5) is 10.5 Å². The molecule has 43 heavy (non-hydrogen) atoms. The Morgan fingerprint density at radius 3 is 2.28 bits per heavy atom. The Balaban J connectivity index is 1.19. The van der Waals surface area contributed by atoms with E-state index in [-0.39, 0.29) is 24.1 Å². The molecule has 5 rings (SSSR count). The molecule has 10 nitrogen and oxygen atoms in total. The molecule has 2 N–H and O–H groups in total. The van der Waals surface area contributed by atoms with Crippen molar-refractivity contribution in [2.75, 3.05) is 25.5 Å². The van der Waals surface area contributed by atoms with E-state index in [0.29, 0.717) is 49.5 Å². The minimum atomic E-state index is -0.892. The molecule has 1 aliphatic heterocycles. The number of aliphatic hydroxyl groups excluding tert-OH is 1. The largest absolute Gasteiger partial charge is 0.444 e. The van der Waals surface area contributed by atoms with Crippen molar-refractivity contribution in [2.45, 2.75) is 77.0 Å². The number of methoxy groups -OCH3 is 1. The first-order valence-electron chi connectivity index (χ1n) is 14.9. The fourth-order valence-corrected chi connectivity index (χ4v) is 5.35. The number of nitrogens with one attached hydrogen (secondary N) is 1. The van der Waals surface area contributed by atoms with Gasteiger partial charge in [-0.25, -0.2) is 14.8 Å². The number of anilines is 1. The number of aromatic nitrogens is 2. The molecule has 1 aliphatic carbocycles. The molecular weight excluding hydrogens is 546 g/mol. The number of likely N-dealkylation sites (tertiary alicyclic amines) is 1. The van der Waals surface area contributed by atoms with Crippen LogP contribution in [0.2, 0.25) is 0 Å². The minimum Gasteiger partial charge on any atom is -0.444 e. The maximum atomic E-state index is 13.6.